The van der Waals surface area contributed by atoms with Crippen molar-refractivity contribution in [3.05, 3.63) is 35.9 Å². The summed E-state index contributed by atoms with van der Waals surface area (Å²) in [5.41, 5.74) is 0.915. The van der Waals surface area contributed by atoms with Gasteiger partial charge in [-0.15, -0.1) is 0 Å². The number of ether oxygens (including phenoxy) is 2. The molecular weight excluding hydrogens is 246 g/mol. The van der Waals surface area contributed by atoms with E-state index in [2.05, 4.69) is 10.1 Å². The van der Waals surface area contributed by atoms with E-state index in [4.69, 9.17) is 4.74 Å². The molecular formula is C14H19NO4. The van der Waals surface area contributed by atoms with Crippen LogP contribution in [0.25, 0.3) is 0 Å². The number of amides is 1. The molecule has 19 heavy (non-hydrogen) atoms. The second-order valence-electron chi connectivity index (χ2n) is 4.09. The highest BCUT2D eigenvalue weighted by Gasteiger charge is 2.15. The molecule has 1 aromatic rings. The Morgan fingerprint density at radius 1 is 1.26 bits per heavy atom. The van der Waals surface area contributed by atoms with Crippen molar-refractivity contribution in [3.63, 3.8) is 0 Å². The van der Waals surface area contributed by atoms with Gasteiger partial charge in [-0.2, -0.15) is 0 Å². The fourth-order valence-corrected chi connectivity index (χ4v) is 1.51. The van der Waals surface area contributed by atoms with Crippen molar-refractivity contribution in [1.29, 1.82) is 0 Å². The number of esters is 1. The fraction of sp³-hybridized carbons (Fsp3) is 0.429. The Labute approximate surface area is 112 Å². The molecule has 5 heteroatoms. The molecule has 0 aliphatic heterocycles. The van der Waals surface area contributed by atoms with Crippen LogP contribution in [0.2, 0.25) is 0 Å². The maximum Gasteiger partial charge on any atom is 0.407 e. The number of rotatable bonds is 6. The lowest BCUT2D eigenvalue weighted by molar-refractivity contribution is -0.141. The van der Waals surface area contributed by atoms with E-state index >= 15 is 0 Å². The summed E-state index contributed by atoms with van der Waals surface area (Å²) in [5.74, 6) is -0.352. The molecule has 1 N–H and O–H groups in total. The molecule has 0 saturated carbocycles. The average Bonchev–Trinajstić information content (AvgIpc) is 2.45. The largest absolute Gasteiger partial charge is 0.469 e. The minimum atomic E-state index is -0.528. The van der Waals surface area contributed by atoms with Gasteiger partial charge >= 0.3 is 12.1 Å². The minimum absolute atomic E-state index is 0.146. The lowest BCUT2D eigenvalue weighted by Crippen LogP contribution is -2.36. The first-order chi connectivity index (χ1) is 9.15. The molecule has 0 heterocycles. The zero-order valence-corrected chi connectivity index (χ0v) is 11.2. The van der Waals surface area contributed by atoms with Crippen molar-refractivity contribution in [2.24, 2.45) is 0 Å². The van der Waals surface area contributed by atoms with Crippen LogP contribution in [0.3, 0.4) is 0 Å². The van der Waals surface area contributed by atoms with Crippen LogP contribution in [0.4, 0.5) is 4.79 Å². The van der Waals surface area contributed by atoms with Crippen LogP contribution in [0.15, 0.2) is 30.3 Å². The third kappa shape index (κ3) is 5.90. The maximum atomic E-state index is 11.6. The standard InChI is InChI=1S/C14H19NO4/c1-3-12(9-13(16)18-2)15-14(17)19-10-11-7-5-4-6-8-11/h4-8,12H,3,9-10H2,1-2H3,(H,15,17)/t12-/m0/s1. The summed E-state index contributed by atoms with van der Waals surface area (Å²) in [6.45, 7) is 2.09. The summed E-state index contributed by atoms with van der Waals surface area (Å²) in [7, 11) is 1.32. The Bertz CT molecular complexity index is 405. The molecule has 0 bridgehead atoms. The molecule has 1 amide bonds. The van der Waals surface area contributed by atoms with E-state index in [9.17, 15) is 9.59 Å². The first-order valence-corrected chi connectivity index (χ1v) is 6.19. The monoisotopic (exact) mass is 265 g/mol. The van der Waals surface area contributed by atoms with Crippen molar-refractivity contribution in [2.75, 3.05) is 7.11 Å². The van der Waals surface area contributed by atoms with Crippen LogP contribution in [0.5, 0.6) is 0 Å². The second-order valence-corrected chi connectivity index (χ2v) is 4.09. The van der Waals surface area contributed by atoms with E-state index in [1.165, 1.54) is 7.11 Å². The van der Waals surface area contributed by atoms with Crippen molar-refractivity contribution < 1.29 is 19.1 Å². The van der Waals surface area contributed by atoms with E-state index in [1.807, 2.05) is 37.3 Å². The summed E-state index contributed by atoms with van der Waals surface area (Å²) in [6, 6.07) is 9.13. The van der Waals surface area contributed by atoms with Gasteiger partial charge in [-0.05, 0) is 12.0 Å². The van der Waals surface area contributed by atoms with Gasteiger partial charge in [-0.3, -0.25) is 4.79 Å². The predicted molar refractivity (Wildman–Crippen MR) is 70.5 cm³/mol. The number of carbonyl (C=O) groups is 2. The third-order valence-corrected chi connectivity index (χ3v) is 2.67. The van der Waals surface area contributed by atoms with Gasteiger partial charge in [0.15, 0.2) is 0 Å². The van der Waals surface area contributed by atoms with Crippen LogP contribution in [-0.4, -0.2) is 25.2 Å². The highest BCUT2D eigenvalue weighted by Crippen LogP contribution is 2.03. The van der Waals surface area contributed by atoms with Crippen LogP contribution in [0.1, 0.15) is 25.3 Å². The summed E-state index contributed by atoms with van der Waals surface area (Å²) in [4.78, 5) is 22.7. The van der Waals surface area contributed by atoms with Crippen molar-refractivity contribution in [3.8, 4) is 0 Å². The Kier molecular flexibility index (Phi) is 6.43. The minimum Gasteiger partial charge on any atom is -0.469 e. The molecule has 0 radical (unpaired) electrons. The molecule has 0 unspecified atom stereocenters. The number of alkyl carbamates (subject to hydrolysis) is 1. The number of nitrogens with one attached hydrogen (secondary N) is 1. The maximum absolute atomic E-state index is 11.6. The van der Waals surface area contributed by atoms with Gasteiger partial charge in [0, 0.05) is 6.04 Å². The van der Waals surface area contributed by atoms with Crippen LogP contribution < -0.4 is 5.32 Å². The summed E-state index contributed by atoms with van der Waals surface area (Å²) >= 11 is 0. The first-order valence-electron chi connectivity index (χ1n) is 6.19. The van der Waals surface area contributed by atoms with Gasteiger partial charge in [0.2, 0.25) is 0 Å². The SMILES string of the molecule is CC[C@@H](CC(=O)OC)NC(=O)OCc1ccccc1. The predicted octanol–water partition coefficient (Wildman–Crippen LogP) is 2.25. The Morgan fingerprint density at radius 3 is 2.53 bits per heavy atom. The zero-order chi connectivity index (χ0) is 14.1. The fourth-order valence-electron chi connectivity index (χ4n) is 1.51. The highest BCUT2D eigenvalue weighted by atomic mass is 16.5. The Hall–Kier alpha value is -2.04. The topological polar surface area (TPSA) is 64.6 Å². The average molecular weight is 265 g/mol. The van der Waals surface area contributed by atoms with E-state index in [0.717, 1.165) is 5.56 Å². The number of hydrogen-bond donors (Lipinski definition) is 1. The number of benzene rings is 1. The normalized spacial score (nSPS) is 11.5. The van der Waals surface area contributed by atoms with Crippen LogP contribution in [0, 0.1) is 0 Å². The third-order valence-electron chi connectivity index (χ3n) is 2.67. The first kappa shape index (κ1) is 15.0. The van der Waals surface area contributed by atoms with Gasteiger partial charge < -0.3 is 14.8 Å². The van der Waals surface area contributed by atoms with Crippen molar-refractivity contribution in [1.82, 2.24) is 5.32 Å². The summed E-state index contributed by atoms with van der Waals surface area (Å²) < 4.78 is 9.64. The van der Waals surface area contributed by atoms with Gasteiger partial charge in [-0.25, -0.2) is 4.79 Å². The van der Waals surface area contributed by atoms with Gasteiger partial charge in [0.05, 0.1) is 13.5 Å². The van der Waals surface area contributed by atoms with Crippen LogP contribution in [-0.2, 0) is 20.9 Å². The van der Waals surface area contributed by atoms with E-state index < -0.39 is 6.09 Å². The molecule has 5 nitrogen and oxygen atoms in total. The quantitative estimate of drug-likeness (QED) is 0.801. The van der Waals surface area contributed by atoms with Crippen molar-refractivity contribution in [2.45, 2.75) is 32.4 Å². The van der Waals surface area contributed by atoms with Gasteiger partial charge in [0.1, 0.15) is 6.61 Å². The smallest absolute Gasteiger partial charge is 0.407 e. The molecule has 0 spiro atoms. The van der Waals surface area contributed by atoms with E-state index in [-0.39, 0.29) is 25.0 Å². The second kappa shape index (κ2) is 8.13. The molecule has 1 atom stereocenters. The van der Waals surface area contributed by atoms with E-state index in [0.29, 0.717) is 6.42 Å². The molecule has 0 saturated heterocycles. The Morgan fingerprint density at radius 2 is 1.95 bits per heavy atom. The highest BCUT2D eigenvalue weighted by molar-refractivity contribution is 5.72. The molecule has 1 aromatic carbocycles. The Balaban J connectivity index is 2.35. The molecule has 0 aliphatic rings. The molecule has 0 aliphatic carbocycles. The van der Waals surface area contributed by atoms with Crippen LogP contribution >= 0.6 is 0 Å². The number of hydrogen-bond acceptors (Lipinski definition) is 4. The lowest BCUT2D eigenvalue weighted by atomic mass is 10.1. The lowest BCUT2D eigenvalue weighted by Gasteiger charge is -2.15. The van der Waals surface area contributed by atoms with Gasteiger partial charge in [0.25, 0.3) is 0 Å². The summed E-state index contributed by atoms with van der Waals surface area (Å²) in [6.07, 6.45) is 0.253. The van der Waals surface area contributed by atoms with Gasteiger partial charge in [-0.1, -0.05) is 37.3 Å². The molecule has 1 rings (SSSR count). The number of methoxy groups -OCH3 is 1. The molecule has 0 aromatic heterocycles. The van der Waals surface area contributed by atoms with Crippen molar-refractivity contribution >= 4 is 12.1 Å². The summed E-state index contributed by atoms with van der Waals surface area (Å²) in [5, 5.41) is 2.64. The molecule has 104 valence electrons. The van der Waals surface area contributed by atoms with E-state index in [1.54, 1.807) is 0 Å². The zero-order valence-electron chi connectivity index (χ0n) is 11.2. The number of carbonyl (C=O) groups excluding carboxylic acids is 2. The molecule has 0 fully saturated rings.